The molecule has 0 spiro atoms. The van der Waals surface area contributed by atoms with Crippen LogP contribution in [0.15, 0.2) is 0 Å². The van der Waals surface area contributed by atoms with Gasteiger partial charge in [0.05, 0.1) is 12.2 Å². The summed E-state index contributed by atoms with van der Waals surface area (Å²) in [5.74, 6) is -4.25. The van der Waals surface area contributed by atoms with E-state index in [1.54, 1.807) is 0 Å². The molecule has 106 valence electrons. The SMILES string of the molecule is COC1CN(CC(C(=O)O)C(F)(F)F)CC1OC. The Morgan fingerprint density at radius 1 is 1.33 bits per heavy atom. The molecule has 1 fully saturated rings. The van der Waals surface area contributed by atoms with Crippen LogP contribution in [0.4, 0.5) is 13.2 Å². The Bertz CT molecular complexity index is 285. The fourth-order valence-electron chi connectivity index (χ4n) is 2.00. The van der Waals surface area contributed by atoms with Gasteiger partial charge in [-0.15, -0.1) is 0 Å². The monoisotopic (exact) mass is 271 g/mol. The van der Waals surface area contributed by atoms with Gasteiger partial charge in [-0.2, -0.15) is 13.2 Å². The van der Waals surface area contributed by atoms with Crippen molar-refractivity contribution >= 4 is 5.97 Å². The molecule has 3 unspecified atom stereocenters. The minimum Gasteiger partial charge on any atom is -0.481 e. The van der Waals surface area contributed by atoms with E-state index in [0.29, 0.717) is 0 Å². The minimum atomic E-state index is -4.75. The number of rotatable bonds is 5. The summed E-state index contributed by atoms with van der Waals surface area (Å²) < 4.78 is 47.7. The van der Waals surface area contributed by atoms with Crippen LogP contribution in [0.25, 0.3) is 0 Å². The van der Waals surface area contributed by atoms with Crippen molar-refractivity contribution in [1.82, 2.24) is 4.90 Å². The Morgan fingerprint density at radius 2 is 1.78 bits per heavy atom. The zero-order valence-corrected chi connectivity index (χ0v) is 10.1. The Labute approximate surface area is 102 Å². The minimum absolute atomic E-state index is 0.231. The first kappa shape index (κ1) is 15.2. The van der Waals surface area contributed by atoms with Gasteiger partial charge in [-0.25, -0.2) is 0 Å². The second-order valence-corrected chi connectivity index (χ2v) is 4.20. The number of nitrogens with zero attached hydrogens (tertiary/aromatic N) is 1. The lowest BCUT2D eigenvalue weighted by molar-refractivity contribution is -0.196. The number of ether oxygens (including phenoxy) is 2. The van der Waals surface area contributed by atoms with Crippen molar-refractivity contribution in [2.45, 2.75) is 18.4 Å². The molecular weight excluding hydrogens is 255 g/mol. The largest absolute Gasteiger partial charge is 0.481 e. The van der Waals surface area contributed by atoms with Gasteiger partial charge in [0, 0.05) is 33.9 Å². The number of carboxylic acids is 1. The van der Waals surface area contributed by atoms with E-state index in [1.807, 2.05) is 0 Å². The highest BCUT2D eigenvalue weighted by atomic mass is 19.4. The van der Waals surface area contributed by atoms with Crippen LogP contribution in [0.5, 0.6) is 0 Å². The van der Waals surface area contributed by atoms with E-state index in [0.717, 1.165) is 0 Å². The summed E-state index contributed by atoms with van der Waals surface area (Å²) in [5, 5.41) is 8.61. The standard InChI is InChI=1S/C10H16F3NO4/c1-17-7-4-14(5-8(7)18-2)3-6(9(15)16)10(11,12)13/h6-8H,3-5H2,1-2H3,(H,15,16). The molecule has 0 saturated carbocycles. The first-order chi connectivity index (χ1) is 8.29. The second kappa shape index (κ2) is 5.85. The number of halogens is 3. The number of carboxylic acid groups (broad SMARTS) is 1. The van der Waals surface area contributed by atoms with Crippen LogP contribution in [0.2, 0.25) is 0 Å². The molecule has 0 aromatic rings. The maximum atomic E-state index is 12.5. The smallest absolute Gasteiger partial charge is 0.403 e. The van der Waals surface area contributed by atoms with Gasteiger partial charge in [-0.1, -0.05) is 0 Å². The number of hydrogen-bond acceptors (Lipinski definition) is 4. The lowest BCUT2D eigenvalue weighted by Gasteiger charge is -2.22. The number of hydrogen-bond donors (Lipinski definition) is 1. The van der Waals surface area contributed by atoms with Crippen molar-refractivity contribution in [3.8, 4) is 0 Å². The van der Waals surface area contributed by atoms with Crippen LogP contribution >= 0.6 is 0 Å². The molecule has 1 saturated heterocycles. The topological polar surface area (TPSA) is 59.0 Å². The van der Waals surface area contributed by atoms with Crippen molar-refractivity contribution in [3.63, 3.8) is 0 Å². The average molecular weight is 271 g/mol. The van der Waals surface area contributed by atoms with Crippen LogP contribution in [0.1, 0.15) is 0 Å². The third-order valence-corrected chi connectivity index (χ3v) is 3.03. The second-order valence-electron chi connectivity index (χ2n) is 4.20. The molecule has 0 aromatic heterocycles. The first-order valence-corrected chi connectivity index (χ1v) is 5.37. The van der Waals surface area contributed by atoms with E-state index in [2.05, 4.69) is 0 Å². The van der Waals surface area contributed by atoms with Crippen molar-refractivity contribution in [2.75, 3.05) is 33.9 Å². The van der Waals surface area contributed by atoms with Crippen LogP contribution in [0, 0.1) is 5.92 Å². The van der Waals surface area contributed by atoms with Gasteiger partial charge in [-0.05, 0) is 0 Å². The van der Waals surface area contributed by atoms with Crippen LogP contribution in [0.3, 0.4) is 0 Å². The predicted octanol–water partition coefficient (Wildman–Crippen LogP) is 0.595. The Hall–Kier alpha value is -0.860. The van der Waals surface area contributed by atoms with E-state index in [-0.39, 0.29) is 25.3 Å². The van der Waals surface area contributed by atoms with Gasteiger partial charge in [0.25, 0.3) is 0 Å². The van der Waals surface area contributed by atoms with E-state index in [4.69, 9.17) is 14.6 Å². The summed E-state index contributed by atoms with van der Waals surface area (Å²) in [7, 11) is 2.89. The maximum Gasteiger partial charge on any atom is 0.403 e. The van der Waals surface area contributed by atoms with Crippen LogP contribution in [-0.4, -0.2) is 68.2 Å². The van der Waals surface area contributed by atoms with E-state index >= 15 is 0 Å². The van der Waals surface area contributed by atoms with E-state index in [1.165, 1.54) is 19.1 Å². The molecule has 18 heavy (non-hydrogen) atoms. The fraction of sp³-hybridized carbons (Fsp3) is 0.900. The molecule has 1 aliphatic rings. The van der Waals surface area contributed by atoms with Gasteiger partial charge < -0.3 is 14.6 Å². The highest BCUT2D eigenvalue weighted by Gasteiger charge is 2.47. The molecule has 1 heterocycles. The van der Waals surface area contributed by atoms with E-state index in [9.17, 15) is 18.0 Å². The third kappa shape index (κ3) is 3.56. The summed E-state index contributed by atoms with van der Waals surface area (Å²) in [6.45, 7) is -0.123. The van der Waals surface area contributed by atoms with Gasteiger partial charge in [0.1, 0.15) is 0 Å². The first-order valence-electron chi connectivity index (χ1n) is 5.37. The molecule has 0 bridgehead atoms. The van der Waals surface area contributed by atoms with Crippen LogP contribution < -0.4 is 0 Å². The van der Waals surface area contributed by atoms with Gasteiger partial charge >= 0.3 is 12.1 Å². The molecule has 1 rings (SSSR count). The highest BCUT2D eigenvalue weighted by Crippen LogP contribution is 2.28. The Balaban J connectivity index is 2.65. The van der Waals surface area contributed by atoms with Crippen molar-refractivity contribution in [3.05, 3.63) is 0 Å². The fourth-order valence-corrected chi connectivity index (χ4v) is 2.00. The quantitative estimate of drug-likeness (QED) is 0.793. The summed E-state index contributed by atoms with van der Waals surface area (Å²) in [6.07, 6.45) is -5.42. The van der Waals surface area contributed by atoms with Crippen LogP contribution in [-0.2, 0) is 14.3 Å². The molecule has 1 N–H and O–H groups in total. The number of carbonyl (C=O) groups is 1. The molecular formula is C10H16F3NO4. The van der Waals surface area contributed by atoms with E-state index < -0.39 is 24.6 Å². The van der Waals surface area contributed by atoms with Crippen molar-refractivity contribution < 1.29 is 32.5 Å². The molecule has 8 heteroatoms. The summed E-state index contributed by atoms with van der Waals surface area (Å²) in [6, 6.07) is 0. The van der Waals surface area contributed by atoms with Crippen molar-refractivity contribution in [2.24, 2.45) is 5.92 Å². The Kier molecular flexibility index (Phi) is 4.94. The average Bonchev–Trinajstić information content (AvgIpc) is 2.66. The normalized spacial score (nSPS) is 27.4. The molecule has 3 atom stereocenters. The molecule has 5 nitrogen and oxygen atoms in total. The highest BCUT2D eigenvalue weighted by molar-refractivity contribution is 5.71. The zero-order chi connectivity index (χ0) is 13.9. The predicted molar refractivity (Wildman–Crippen MR) is 55.2 cm³/mol. The third-order valence-electron chi connectivity index (χ3n) is 3.03. The number of aliphatic carboxylic acids is 1. The summed E-state index contributed by atoms with van der Waals surface area (Å²) in [4.78, 5) is 12.0. The molecule has 1 aliphatic heterocycles. The number of likely N-dealkylation sites (tertiary alicyclic amines) is 1. The molecule has 0 aromatic carbocycles. The van der Waals surface area contributed by atoms with Crippen molar-refractivity contribution in [1.29, 1.82) is 0 Å². The van der Waals surface area contributed by atoms with Gasteiger partial charge in [0.2, 0.25) is 0 Å². The molecule has 0 amide bonds. The lowest BCUT2D eigenvalue weighted by Crippen LogP contribution is -2.41. The summed E-state index contributed by atoms with van der Waals surface area (Å²) >= 11 is 0. The molecule has 0 radical (unpaired) electrons. The molecule has 0 aliphatic carbocycles. The maximum absolute atomic E-state index is 12.5. The zero-order valence-electron chi connectivity index (χ0n) is 10.1. The Morgan fingerprint density at radius 3 is 2.06 bits per heavy atom. The lowest BCUT2D eigenvalue weighted by atomic mass is 10.1. The number of methoxy groups -OCH3 is 2. The van der Waals surface area contributed by atoms with Gasteiger partial charge in [0.15, 0.2) is 5.92 Å². The summed E-state index contributed by atoms with van der Waals surface area (Å²) in [5.41, 5.74) is 0. The van der Waals surface area contributed by atoms with Gasteiger partial charge in [-0.3, -0.25) is 9.69 Å². The number of alkyl halides is 3.